The van der Waals surface area contributed by atoms with Crippen LogP contribution in [0.1, 0.15) is 5.56 Å². The second kappa shape index (κ2) is 4.19. The van der Waals surface area contributed by atoms with Gasteiger partial charge in [0, 0.05) is 0 Å². The van der Waals surface area contributed by atoms with Crippen LogP contribution in [0.3, 0.4) is 0 Å². The number of anilines is 1. The molecule has 0 aliphatic heterocycles. The molecule has 0 radical (unpaired) electrons. The average molecular weight is 323 g/mol. The van der Waals surface area contributed by atoms with Gasteiger partial charge in [-0.05, 0) is 34.5 Å². The Kier molecular flexibility index (Phi) is 3.04. The van der Waals surface area contributed by atoms with Crippen LogP contribution in [0.5, 0.6) is 0 Å². The topological polar surface area (TPSA) is 72.2 Å². The fraction of sp³-hybridized carbons (Fsp3) is 0.125. The average Bonchev–Trinajstić information content (AvgIpc) is 2.78. The van der Waals surface area contributed by atoms with Gasteiger partial charge in [0.1, 0.15) is 16.2 Å². The summed E-state index contributed by atoms with van der Waals surface area (Å²) < 4.78 is 31.7. The van der Waals surface area contributed by atoms with Crippen LogP contribution in [0.15, 0.2) is 31.0 Å². The van der Waals surface area contributed by atoms with Crippen molar-refractivity contribution in [3.63, 3.8) is 0 Å². The number of aromatic nitrogens is 1. The molecule has 0 spiro atoms. The minimum Gasteiger partial charge on any atom is -0.362 e. The lowest BCUT2D eigenvalue weighted by Gasteiger charge is -2.01. The summed E-state index contributed by atoms with van der Waals surface area (Å²) >= 11 is 4.44. The largest absolute Gasteiger partial charge is 0.362 e. The molecule has 2 rings (SSSR count). The SMILES string of the molecule is Cc1cc(S(=O)(=O)Nc2cnoc2)sc1Br. The fourth-order valence-electron chi connectivity index (χ4n) is 1.02. The first-order valence-electron chi connectivity index (χ1n) is 4.17. The van der Waals surface area contributed by atoms with E-state index in [0.717, 1.165) is 20.7 Å². The number of halogens is 1. The van der Waals surface area contributed by atoms with Gasteiger partial charge in [-0.25, -0.2) is 8.42 Å². The summed E-state index contributed by atoms with van der Waals surface area (Å²) in [5.74, 6) is 0. The van der Waals surface area contributed by atoms with Gasteiger partial charge in [-0.2, -0.15) is 0 Å². The first-order chi connectivity index (χ1) is 7.49. The summed E-state index contributed by atoms with van der Waals surface area (Å²) in [6, 6.07) is 1.60. The highest BCUT2D eigenvalue weighted by Gasteiger charge is 2.18. The third-order valence-corrected chi connectivity index (χ3v) is 5.78. The molecule has 0 amide bonds. The number of rotatable bonds is 3. The van der Waals surface area contributed by atoms with Crippen LogP contribution in [0.2, 0.25) is 0 Å². The molecule has 2 aromatic rings. The maximum Gasteiger partial charge on any atom is 0.271 e. The maximum absolute atomic E-state index is 11.9. The molecule has 0 aliphatic rings. The van der Waals surface area contributed by atoms with Crippen molar-refractivity contribution in [2.45, 2.75) is 11.1 Å². The smallest absolute Gasteiger partial charge is 0.271 e. The van der Waals surface area contributed by atoms with Crippen LogP contribution in [0.25, 0.3) is 0 Å². The van der Waals surface area contributed by atoms with E-state index >= 15 is 0 Å². The Bertz CT molecular complexity index is 569. The highest BCUT2D eigenvalue weighted by molar-refractivity contribution is 9.11. The molecule has 5 nitrogen and oxygen atoms in total. The highest BCUT2D eigenvalue weighted by Crippen LogP contribution is 2.31. The summed E-state index contributed by atoms with van der Waals surface area (Å²) in [5, 5.41) is 3.41. The number of hydrogen-bond donors (Lipinski definition) is 1. The third-order valence-electron chi connectivity index (χ3n) is 1.78. The summed E-state index contributed by atoms with van der Waals surface area (Å²) in [7, 11) is -3.55. The zero-order valence-electron chi connectivity index (χ0n) is 8.10. The Balaban J connectivity index is 2.32. The summed E-state index contributed by atoms with van der Waals surface area (Å²) in [6.45, 7) is 1.83. The van der Waals surface area contributed by atoms with E-state index in [1.807, 2.05) is 6.92 Å². The predicted molar refractivity (Wildman–Crippen MR) is 64.1 cm³/mol. The molecule has 0 unspecified atom stereocenters. The van der Waals surface area contributed by atoms with Crippen LogP contribution in [-0.2, 0) is 10.0 Å². The van der Waals surface area contributed by atoms with Crippen molar-refractivity contribution in [2.24, 2.45) is 0 Å². The Morgan fingerprint density at radius 1 is 1.56 bits per heavy atom. The lowest BCUT2D eigenvalue weighted by molar-refractivity contribution is 0.420. The molecule has 2 heterocycles. The van der Waals surface area contributed by atoms with Gasteiger partial charge in [-0.15, -0.1) is 11.3 Å². The van der Waals surface area contributed by atoms with Gasteiger partial charge in [0.25, 0.3) is 10.0 Å². The first-order valence-corrected chi connectivity index (χ1v) is 7.26. The Morgan fingerprint density at radius 2 is 2.31 bits per heavy atom. The molecule has 2 aromatic heterocycles. The molecule has 0 aliphatic carbocycles. The molecular weight excluding hydrogens is 316 g/mol. The molecule has 0 bridgehead atoms. The number of nitrogens with zero attached hydrogens (tertiary/aromatic N) is 1. The van der Waals surface area contributed by atoms with Crippen LogP contribution in [0.4, 0.5) is 5.69 Å². The van der Waals surface area contributed by atoms with E-state index < -0.39 is 10.0 Å². The minimum atomic E-state index is -3.55. The van der Waals surface area contributed by atoms with Crippen molar-refractivity contribution in [2.75, 3.05) is 4.72 Å². The number of aryl methyl sites for hydroxylation is 1. The monoisotopic (exact) mass is 322 g/mol. The van der Waals surface area contributed by atoms with E-state index in [-0.39, 0.29) is 4.21 Å². The van der Waals surface area contributed by atoms with E-state index in [2.05, 4.69) is 30.3 Å². The van der Waals surface area contributed by atoms with Crippen LogP contribution in [0, 0.1) is 6.92 Å². The van der Waals surface area contributed by atoms with Gasteiger partial charge in [0.2, 0.25) is 0 Å². The zero-order valence-corrected chi connectivity index (χ0v) is 11.3. The fourth-order valence-corrected chi connectivity index (χ4v) is 4.27. The van der Waals surface area contributed by atoms with Gasteiger partial charge in [-0.1, -0.05) is 5.16 Å². The summed E-state index contributed by atoms with van der Waals surface area (Å²) in [4.78, 5) is 0. The van der Waals surface area contributed by atoms with Crippen molar-refractivity contribution in [1.29, 1.82) is 0 Å². The molecular formula is C8H7BrN2O3S2. The third kappa shape index (κ3) is 2.28. The number of sulfonamides is 1. The second-order valence-corrected chi connectivity index (χ2v) is 7.32. The molecule has 16 heavy (non-hydrogen) atoms. The van der Waals surface area contributed by atoms with Crippen LogP contribution < -0.4 is 4.72 Å². The standard InChI is InChI=1S/C8H7BrN2O3S2/c1-5-2-7(15-8(5)9)16(12,13)11-6-3-10-14-4-6/h2-4,11H,1H3. The molecule has 8 heteroatoms. The molecule has 0 aromatic carbocycles. The van der Waals surface area contributed by atoms with E-state index in [1.54, 1.807) is 6.07 Å². The molecule has 0 saturated heterocycles. The van der Waals surface area contributed by atoms with Crippen molar-refractivity contribution in [1.82, 2.24) is 5.16 Å². The van der Waals surface area contributed by atoms with Gasteiger partial charge < -0.3 is 4.52 Å². The van der Waals surface area contributed by atoms with E-state index in [4.69, 9.17) is 0 Å². The molecule has 0 saturated carbocycles. The molecule has 1 N–H and O–H groups in total. The summed E-state index contributed by atoms with van der Waals surface area (Å²) in [5.41, 5.74) is 1.19. The normalized spacial score (nSPS) is 11.6. The Hall–Kier alpha value is -0.860. The van der Waals surface area contributed by atoms with Gasteiger partial charge in [0.05, 0.1) is 9.98 Å². The van der Waals surface area contributed by atoms with Gasteiger partial charge in [-0.3, -0.25) is 4.72 Å². The molecule has 86 valence electrons. The Labute approximate surface area is 105 Å². The van der Waals surface area contributed by atoms with E-state index in [0.29, 0.717) is 5.69 Å². The van der Waals surface area contributed by atoms with E-state index in [1.165, 1.54) is 12.5 Å². The van der Waals surface area contributed by atoms with Crippen LogP contribution >= 0.6 is 27.3 Å². The van der Waals surface area contributed by atoms with Crippen LogP contribution in [-0.4, -0.2) is 13.6 Å². The van der Waals surface area contributed by atoms with E-state index in [9.17, 15) is 8.42 Å². The lowest BCUT2D eigenvalue weighted by Crippen LogP contribution is -2.10. The van der Waals surface area contributed by atoms with Crippen molar-refractivity contribution in [3.8, 4) is 0 Å². The maximum atomic E-state index is 11.9. The van der Waals surface area contributed by atoms with Crippen molar-refractivity contribution >= 4 is 43.0 Å². The predicted octanol–water partition coefficient (Wildman–Crippen LogP) is 2.61. The first kappa shape index (κ1) is 11.6. The number of hydrogen-bond acceptors (Lipinski definition) is 5. The molecule has 0 fully saturated rings. The minimum absolute atomic E-state index is 0.248. The molecule has 0 atom stereocenters. The highest BCUT2D eigenvalue weighted by atomic mass is 79.9. The summed E-state index contributed by atoms with van der Waals surface area (Å²) in [6.07, 6.45) is 2.53. The Morgan fingerprint density at radius 3 is 2.81 bits per heavy atom. The van der Waals surface area contributed by atoms with Gasteiger partial charge >= 0.3 is 0 Å². The van der Waals surface area contributed by atoms with Gasteiger partial charge in [0.15, 0.2) is 0 Å². The quantitative estimate of drug-likeness (QED) is 0.942. The van der Waals surface area contributed by atoms with Crippen molar-refractivity contribution in [3.05, 3.63) is 27.9 Å². The second-order valence-electron chi connectivity index (χ2n) is 3.04. The number of thiophene rings is 1. The number of nitrogens with one attached hydrogen (secondary N) is 1. The lowest BCUT2D eigenvalue weighted by atomic mass is 10.4. The van der Waals surface area contributed by atoms with Crippen molar-refractivity contribution < 1.29 is 12.9 Å². The zero-order chi connectivity index (χ0) is 11.8.